The molecule has 0 spiro atoms. The molecule has 2 aliphatic heterocycles. The molecule has 7 nitrogen and oxygen atoms in total. The summed E-state index contributed by atoms with van der Waals surface area (Å²) in [5, 5.41) is 9.65. The van der Waals surface area contributed by atoms with Crippen LogP contribution in [0.3, 0.4) is 0 Å². The molecular formula is C25H31N5O2S. The van der Waals surface area contributed by atoms with Gasteiger partial charge in [0.05, 0.1) is 17.9 Å². The van der Waals surface area contributed by atoms with Gasteiger partial charge in [-0.15, -0.1) is 0 Å². The molecular weight excluding hydrogens is 434 g/mol. The molecule has 1 saturated heterocycles. The number of morpholine rings is 1. The van der Waals surface area contributed by atoms with Gasteiger partial charge in [0.1, 0.15) is 5.82 Å². The highest BCUT2D eigenvalue weighted by atomic mass is 32.2. The first-order valence-corrected chi connectivity index (χ1v) is 12.0. The number of allylic oxidation sites excluding steroid dienone is 1. The number of amides is 1. The van der Waals surface area contributed by atoms with Crippen molar-refractivity contribution in [2.24, 2.45) is 0 Å². The number of ether oxygens (including phenoxy) is 1. The van der Waals surface area contributed by atoms with E-state index in [2.05, 4.69) is 60.3 Å². The van der Waals surface area contributed by atoms with Gasteiger partial charge >= 0.3 is 0 Å². The number of pyridine rings is 1. The summed E-state index contributed by atoms with van der Waals surface area (Å²) >= 11 is 1.73. The molecule has 1 aromatic heterocycles. The summed E-state index contributed by atoms with van der Waals surface area (Å²) in [7, 11) is 0. The Morgan fingerprint density at radius 3 is 2.79 bits per heavy atom. The average molecular weight is 466 g/mol. The van der Waals surface area contributed by atoms with Crippen LogP contribution >= 0.6 is 11.8 Å². The number of anilines is 2. The molecule has 3 N–H and O–H groups in total. The molecule has 0 saturated carbocycles. The number of benzene rings is 1. The van der Waals surface area contributed by atoms with Gasteiger partial charge in [-0.3, -0.25) is 9.69 Å². The Morgan fingerprint density at radius 1 is 1.30 bits per heavy atom. The van der Waals surface area contributed by atoms with Crippen LogP contribution in [0.4, 0.5) is 11.5 Å². The molecule has 2 aliphatic rings. The van der Waals surface area contributed by atoms with Crippen LogP contribution < -0.4 is 16.0 Å². The van der Waals surface area contributed by atoms with Crippen molar-refractivity contribution in [3.8, 4) is 11.3 Å². The number of thioether (sulfide) groups is 1. The van der Waals surface area contributed by atoms with Gasteiger partial charge in [0.25, 0.3) is 0 Å². The van der Waals surface area contributed by atoms with Crippen molar-refractivity contribution in [3.63, 3.8) is 0 Å². The minimum Gasteiger partial charge on any atom is -0.373 e. The van der Waals surface area contributed by atoms with Gasteiger partial charge in [0, 0.05) is 42.0 Å². The van der Waals surface area contributed by atoms with Crippen LogP contribution in [0, 0.1) is 0 Å². The molecule has 3 atom stereocenters. The maximum atomic E-state index is 11.7. The predicted molar refractivity (Wildman–Crippen MR) is 136 cm³/mol. The van der Waals surface area contributed by atoms with E-state index in [1.165, 1.54) is 16.5 Å². The summed E-state index contributed by atoms with van der Waals surface area (Å²) in [5.41, 5.74) is 3.72. The molecule has 8 heteroatoms. The van der Waals surface area contributed by atoms with Crippen molar-refractivity contribution in [3.05, 3.63) is 65.7 Å². The molecule has 2 aromatic rings. The number of rotatable bonds is 7. The third-order valence-corrected chi connectivity index (χ3v) is 6.40. The van der Waals surface area contributed by atoms with Crippen LogP contribution in [0.15, 0.2) is 60.2 Å². The quantitative estimate of drug-likeness (QED) is 0.524. The van der Waals surface area contributed by atoms with E-state index < -0.39 is 0 Å². The second-order valence-corrected chi connectivity index (χ2v) is 9.89. The van der Waals surface area contributed by atoms with E-state index in [9.17, 15) is 4.79 Å². The number of carbonyl (C=O) groups is 1. The Morgan fingerprint density at radius 2 is 2.09 bits per heavy atom. The number of nitrogens with one attached hydrogen (secondary N) is 3. The SMILES string of the molecule is C=CC(=O)Nc1cccc(-c2cc(CN3C[C@@H](C)O[C@@H](C)C3)cc(NC3NC=C(C)S3)n2)c1. The number of nitrogens with zero attached hydrogens (tertiary/aromatic N) is 2. The molecule has 33 heavy (non-hydrogen) atoms. The first-order chi connectivity index (χ1) is 15.9. The zero-order valence-electron chi connectivity index (χ0n) is 19.3. The predicted octanol–water partition coefficient (Wildman–Crippen LogP) is 4.38. The maximum absolute atomic E-state index is 11.7. The summed E-state index contributed by atoms with van der Waals surface area (Å²) in [6.45, 7) is 12.5. The summed E-state index contributed by atoms with van der Waals surface area (Å²) < 4.78 is 5.90. The molecule has 1 unspecified atom stereocenters. The van der Waals surface area contributed by atoms with Crippen LogP contribution in [0.5, 0.6) is 0 Å². The molecule has 3 heterocycles. The van der Waals surface area contributed by atoms with Gasteiger partial charge < -0.3 is 20.7 Å². The normalized spacial score (nSPS) is 22.9. The molecule has 4 rings (SSSR count). The largest absolute Gasteiger partial charge is 0.373 e. The Kier molecular flexibility index (Phi) is 7.37. The van der Waals surface area contributed by atoms with Gasteiger partial charge in [-0.2, -0.15) is 0 Å². The second-order valence-electron chi connectivity index (χ2n) is 8.54. The van der Waals surface area contributed by atoms with Gasteiger partial charge in [-0.1, -0.05) is 30.5 Å². The number of aromatic nitrogens is 1. The van der Waals surface area contributed by atoms with Gasteiger partial charge in [-0.05, 0) is 56.7 Å². The molecule has 1 aromatic carbocycles. The lowest BCUT2D eigenvalue weighted by atomic mass is 10.1. The van der Waals surface area contributed by atoms with E-state index in [0.717, 1.165) is 36.7 Å². The first-order valence-electron chi connectivity index (χ1n) is 11.2. The van der Waals surface area contributed by atoms with Crippen LogP contribution in [0.25, 0.3) is 11.3 Å². The highest BCUT2D eigenvalue weighted by Crippen LogP contribution is 2.29. The van der Waals surface area contributed by atoms with Crippen LogP contribution in [-0.4, -0.2) is 46.6 Å². The second kappa shape index (κ2) is 10.4. The van der Waals surface area contributed by atoms with Gasteiger partial charge in [-0.25, -0.2) is 4.98 Å². The number of hydrogen-bond donors (Lipinski definition) is 3. The van der Waals surface area contributed by atoms with E-state index in [1.54, 1.807) is 11.8 Å². The van der Waals surface area contributed by atoms with Crippen LogP contribution in [0.2, 0.25) is 0 Å². The monoisotopic (exact) mass is 465 g/mol. The standard InChI is InChI=1S/C25H31N5O2S/c1-5-24(31)27-21-8-6-7-20(11-21)22-9-19(15-30-13-16(2)32-17(3)14-30)10-23(28-22)29-25-26-12-18(4)33-25/h5-12,16-17,25-26H,1,13-15H2,2-4H3,(H,27,31)(H,28,29)/t16-,17+,25?. The van der Waals surface area contributed by atoms with Crippen LogP contribution in [0.1, 0.15) is 26.3 Å². The van der Waals surface area contributed by atoms with Crippen molar-refractivity contribution in [1.82, 2.24) is 15.2 Å². The van der Waals surface area contributed by atoms with E-state index in [-0.39, 0.29) is 23.6 Å². The smallest absolute Gasteiger partial charge is 0.247 e. The van der Waals surface area contributed by atoms with Crippen molar-refractivity contribution >= 4 is 29.2 Å². The van der Waals surface area contributed by atoms with Gasteiger partial charge in [0.15, 0.2) is 5.50 Å². The summed E-state index contributed by atoms with van der Waals surface area (Å²) in [4.78, 5) is 20.3. The highest BCUT2D eigenvalue weighted by Gasteiger charge is 2.23. The van der Waals surface area contributed by atoms with E-state index >= 15 is 0 Å². The summed E-state index contributed by atoms with van der Waals surface area (Å²) in [5.74, 6) is 0.574. The van der Waals surface area contributed by atoms with E-state index in [1.807, 2.05) is 30.5 Å². The molecule has 1 fully saturated rings. The lowest BCUT2D eigenvalue weighted by Gasteiger charge is -2.35. The lowest BCUT2D eigenvalue weighted by molar-refractivity contribution is -0.111. The number of carbonyl (C=O) groups excluding carboxylic acids is 1. The molecule has 0 bridgehead atoms. The fraction of sp³-hybridized carbons (Fsp3) is 0.360. The minimum absolute atomic E-state index is 0.0437. The zero-order chi connectivity index (χ0) is 23.4. The third kappa shape index (κ3) is 6.37. The van der Waals surface area contributed by atoms with E-state index in [0.29, 0.717) is 5.69 Å². The Bertz CT molecular complexity index is 1050. The van der Waals surface area contributed by atoms with Crippen molar-refractivity contribution in [2.75, 3.05) is 23.7 Å². The number of hydrogen-bond acceptors (Lipinski definition) is 7. The topological polar surface area (TPSA) is 78.5 Å². The maximum Gasteiger partial charge on any atom is 0.247 e. The highest BCUT2D eigenvalue weighted by molar-refractivity contribution is 8.03. The first kappa shape index (κ1) is 23.4. The van der Waals surface area contributed by atoms with Crippen molar-refractivity contribution in [2.45, 2.75) is 45.0 Å². The Labute approximate surface area is 199 Å². The fourth-order valence-corrected chi connectivity index (χ4v) is 5.00. The van der Waals surface area contributed by atoms with Crippen molar-refractivity contribution < 1.29 is 9.53 Å². The average Bonchev–Trinajstić information content (AvgIpc) is 3.17. The minimum atomic E-state index is -0.237. The fourth-order valence-electron chi connectivity index (χ4n) is 4.17. The summed E-state index contributed by atoms with van der Waals surface area (Å²) in [6, 6.07) is 12.0. The third-order valence-electron chi connectivity index (χ3n) is 5.42. The zero-order valence-corrected chi connectivity index (χ0v) is 20.1. The van der Waals surface area contributed by atoms with Crippen molar-refractivity contribution in [1.29, 1.82) is 0 Å². The van der Waals surface area contributed by atoms with Crippen LogP contribution in [-0.2, 0) is 16.1 Å². The lowest BCUT2D eigenvalue weighted by Crippen LogP contribution is -2.44. The Balaban J connectivity index is 1.62. The van der Waals surface area contributed by atoms with E-state index in [4.69, 9.17) is 9.72 Å². The Hall–Kier alpha value is -2.81. The molecule has 0 aliphatic carbocycles. The molecule has 174 valence electrons. The van der Waals surface area contributed by atoms with Gasteiger partial charge in [0.2, 0.25) is 5.91 Å². The summed E-state index contributed by atoms with van der Waals surface area (Å²) in [6.07, 6.45) is 3.70. The molecule has 1 amide bonds. The molecule has 0 radical (unpaired) electrons.